The van der Waals surface area contributed by atoms with E-state index < -0.39 is 12.0 Å². The second-order valence-corrected chi connectivity index (χ2v) is 4.46. The van der Waals surface area contributed by atoms with Crippen LogP contribution >= 0.6 is 11.6 Å². The Kier molecular flexibility index (Phi) is 4.78. The van der Waals surface area contributed by atoms with Crippen LogP contribution in [0.4, 0.5) is 4.79 Å². The van der Waals surface area contributed by atoms with Gasteiger partial charge in [-0.2, -0.15) is 0 Å². The average Bonchev–Trinajstić information content (AvgIpc) is 2.93. The van der Waals surface area contributed by atoms with Crippen molar-refractivity contribution in [2.24, 2.45) is 0 Å². The minimum Gasteiger partial charge on any atom is -0.465 e. The molecule has 0 fully saturated rings. The van der Waals surface area contributed by atoms with E-state index in [1.807, 2.05) is 0 Å². The van der Waals surface area contributed by atoms with Crippen LogP contribution in [0.5, 0.6) is 0 Å². The molecule has 0 bridgehead atoms. The van der Waals surface area contributed by atoms with E-state index in [1.54, 1.807) is 24.3 Å². The molecule has 0 aliphatic heterocycles. The molecule has 2 amide bonds. The molecule has 1 heterocycles. The van der Waals surface area contributed by atoms with Gasteiger partial charge in [-0.05, 0) is 24.3 Å². The third-order valence-electron chi connectivity index (χ3n) is 2.58. The van der Waals surface area contributed by atoms with Crippen LogP contribution in [0.25, 0.3) is 11.3 Å². The van der Waals surface area contributed by atoms with Crippen LogP contribution in [-0.2, 0) is 0 Å². The molecule has 0 atom stereocenters. The number of hydrogen-bond acceptors (Lipinski definition) is 4. The van der Waals surface area contributed by atoms with Gasteiger partial charge in [0.1, 0.15) is 0 Å². The summed E-state index contributed by atoms with van der Waals surface area (Å²) in [4.78, 5) is 26.1. The summed E-state index contributed by atoms with van der Waals surface area (Å²) in [7, 11) is 0. The van der Waals surface area contributed by atoms with Crippen LogP contribution < -0.4 is 10.6 Å². The number of nitrogens with zero attached hydrogens (tertiary/aromatic N) is 1. The van der Waals surface area contributed by atoms with Gasteiger partial charge in [0, 0.05) is 23.7 Å². The Morgan fingerprint density at radius 3 is 2.52 bits per heavy atom. The maximum atomic E-state index is 12.0. The normalized spacial score (nSPS) is 10.1. The largest absolute Gasteiger partial charge is 0.465 e. The zero-order chi connectivity index (χ0) is 15.2. The molecule has 1 aromatic heterocycles. The molecule has 7 nitrogen and oxygen atoms in total. The van der Waals surface area contributed by atoms with Gasteiger partial charge in [-0.25, -0.2) is 9.78 Å². The molecule has 0 spiro atoms. The number of hydrogen-bond donors (Lipinski definition) is 3. The molecule has 2 aromatic rings. The maximum Gasteiger partial charge on any atom is 0.404 e. The lowest BCUT2D eigenvalue weighted by molar-refractivity contribution is 0.0949. The summed E-state index contributed by atoms with van der Waals surface area (Å²) in [5.41, 5.74) is 0.804. The van der Waals surface area contributed by atoms with E-state index >= 15 is 0 Å². The minimum atomic E-state index is -1.15. The van der Waals surface area contributed by atoms with Crippen LogP contribution in [0, 0.1) is 0 Å². The monoisotopic (exact) mass is 309 g/mol. The molecule has 110 valence electrons. The molecular weight excluding hydrogens is 298 g/mol. The molecule has 2 rings (SSSR count). The van der Waals surface area contributed by atoms with Gasteiger partial charge >= 0.3 is 6.09 Å². The number of amides is 2. The van der Waals surface area contributed by atoms with Crippen LogP contribution in [0.1, 0.15) is 10.5 Å². The Morgan fingerprint density at radius 2 is 1.86 bits per heavy atom. The summed E-state index contributed by atoms with van der Waals surface area (Å²) < 4.78 is 5.23. The highest BCUT2D eigenvalue weighted by Crippen LogP contribution is 2.24. The van der Waals surface area contributed by atoms with Gasteiger partial charge in [0.05, 0.1) is 0 Å². The van der Waals surface area contributed by atoms with Gasteiger partial charge in [-0.1, -0.05) is 11.6 Å². The third-order valence-corrected chi connectivity index (χ3v) is 2.83. The molecule has 0 aliphatic carbocycles. The molecule has 0 unspecified atom stereocenters. The second-order valence-electron chi connectivity index (χ2n) is 4.02. The summed E-state index contributed by atoms with van der Waals surface area (Å²) >= 11 is 5.81. The molecule has 1 aromatic carbocycles. The van der Waals surface area contributed by atoms with Crippen molar-refractivity contribution in [1.82, 2.24) is 15.6 Å². The molecule has 8 heteroatoms. The van der Waals surface area contributed by atoms with Gasteiger partial charge in [0.2, 0.25) is 0 Å². The van der Waals surface area contributed by atoms with E-state index in [-0.39, 0.29) is 18.8 Å². The summed E-state index contributed by atoms with van der Waals surface area (Å²) in [6.07, 6.45) is 0.0292. The van der Waals surface area contributed by atoms with E-state index in [0.29, 0.717) is 16.3 Å². The molecular formula is C13H12ClN3O4. The van der Waals surface area contributed by atoms with E-state index in [4.69, 9.17) is 21.1 Å². The van der Waals surface area contributed by atoms with Crippen molar-refractivity contribution >= 4 is 23.6 Å². The quantitative estimate of drug-likeness (QED) is 0.733. The first-order valence-electron chi connectivity index (χ1n) is 6.02. The summed E-state index contributed by atoms with van der Waals surface area (Å²) in [6, 6.07) is 6.78. The standard InChI is InChI=1S/C13H12ClN3O4/c14-9-3-1-8(2-4-9)11-10(17-7-21-11)12(18)15-5-6-16-13(19)20/h1-4,7,16H,5-6H2,(H,15,18)(H,19,20). The van der Waals surface area contributed by atoms with Gasteiger partial charge in [0.15, 0.2) is 17.8 Å². The molecule has 21 heavy (non-hydrogen) atoms. The fourth-order valence-electron chi connectivity index (χ4n) is 1.64. The third kappa shape index (κ3) is 3.96. The number of benzene rings is 1. The Bertz CT molecular complexity index is 639. The molecule has 0 aliphatic rings. The SMILES string of the molecule is O=C(O)NCCNC(=O)c1ncoc1-c1ccc(Cl)cc1. The van der Waals surface area contributed by atoms with Gasteiger partial charge < -0.3 is 20.2 Å². The van der Waals surface area contributed by atoms with Gasteiger partial charge in [0.25, 0.3) is 5.91 Å². The summed E-state index contributed by atoms with van der Waals surface area (Å²) in [5.74, 6) is -0.115. The zero-order valence-electron chi connectivity index (χ0n) is 10.8. The lowest BCUT2D eigenvalue weighted by atomic mass is 10.1. The summed E-state index contributed by atoms with van der Waals surface area (Å²) in [6.45, 7) is 0.257. The topological polar surface area (TPSA) is 104 Å². The maximum absolute atomic E-state index is 12.0. The van der Waals surface area contributed by atoms with Crippen LogP contribution in [-0.4, -0.2) is 35.2 Å². The van der Waals surface area contributed by atoms with Crippen LogP contribution in [0.3, 0.4) is 0 Å². The smallest absolute Gasteiger partial charge is 0.404 e. The lowest BCUT2D eigenvalue weighted by Gasteiger charge is -2.04. The van der Waals surface area contributed by atoms with E-state index in [9.17, 15) is 9.59 Å². The number of halogens is 1. The van der Waals surface area contributed by atoms with Gasteiger partial charge in [-0.15, -0.1) is 0 Å². The Morgan fingerprint density at radius 1 is 1.19 bits per heavy atom. The average molecular weight is 310 g/mol. The number of carbonyl (C=O) groups excluding carboxylic acids is 1. The van der Waals surface area contributed by atoms with Crippen molar-refractivity contribution in [3.8, 4) is 11.3 Å². The number of carbonyl (C=O) groups is 2. The minimum absolute atomic E-state index is 0.106. The highest BCUT2D eigenvalue weighted by Gasteiger charge is 2.17. The summed E-state index contributed by atoms with van der Waals surface area (Å²) in [5, 5.41) is 13.7. The number of oxazole rings is 1. The number of nitrogens with one attached hydrogen (secondary N) is 2. The Hall–Kier alpha value is -2.54. The van der Waals surface area contributed by atoms with Crippen molar-refractivity contribution in [2.75, 3.05) is 13.1 Å². The molecule has 0 radical (unpaired) electrons. The highest BCUT2D eigenvalue weighted by molar-refractivity contribution is 6.30. The second kappa shape index (κ2) is 6.76. The van der Waals surface area contributed by atoms with Crippen LogP contribution in [0.15, 0.2) is 35.1 Å². The van der Waals surface area contributed by atoms with E-state index in [2.05, 4.69) is 15.6 Å². The van der Waals surface area contributed by atoms with Crippen molar-refractivity contribution in [3.05, 3.63) is 41.4 Å². The Balaban J connectivity index is 2.04. The van der Waals surface area contributed by atoms with Crippen molar-refractivity contribution < 1.29 is 19.1 Å². The molecule has 0 saturated heterocycles. The predicted molar refractivity (Wildman–Crippen MR) is 75.3 cm³/mol. The van der Waals surface area contributed by atoms with E-state index in [0.717, 1.165) is 0 Å². The fraction of sp³-hybridized carbons (Fsp3) is 0.154. The lowest BCUT2D eigenvalue weighted by Crippen LogP contribution is -2.34. The first-order valence-corrected chi connectivity index (χ1v) is 6.40. The zero-order valence-corrected chi connectivity index (χ0v) is 11.6. The van der Waals surface area contributed by atoms with Crippen molar-refractivity contribution in [3.63, 3.8) is 0 Å². The van der Waals surface area contributed by atoms with Gasteiger partial charge in [-0.3, -0.25) is 4.79 Å². The number of carboxylic acid groups (broad SMARTS) is 1. The number of rotatable bonds is 5. The first kappa shape index (κ1) is 14.9. The molecule has 0 saturated carbocycles. The van der Waals surface area contributed by atoms with E-state index in [1.165, 1.54) is 6.39 Å². The highest BCUT2D eigenvalue weighted by atomic mass is 35.5. The molecule has 3 N–H and O–H groups in total. The number of aromatic nitrogens is 1. The predicted octanol–water partition coefficient (Wildman–Crippen LogP) is 1.99. The van der Waals surface area contributed by atoms with Crippen LogP contribution in [0.2, 0.25) is 5.02 Å². The Labute approximate surface area is 124 Å². The van der Waals surface area contributed by atoms with Crippen molar-refractivity contribution in [1.29, 1.82) is 0 Å². The first-order chi connectivity index (χ1) is 10.1. The van der Waals surface area contributed by atoms with Crippen molar-refractivity contribution in [2.45, 2.75) is 0 Å². The fourth-order valence-corrected chi connectivity index (χ4v) is 1.77.